The Kier molecular flexibility index (Phi) is 4.18. The number of nitrogens with zero attached hydrogens (tertiary/aromatic N) is 1. The number of benzene rings is 1. The van der Waals surface area contributed by atoms with Gasteiger partial charge < -0.3 is 9.64 Å². The van der Waals surface area contributed by atoms with E-state index < -0.39 is 0 Å². The Morgan fingerprint density at radius 1 is 1.30 bits per heavy atom. The second kappa shape index (κ2) is 6.24. The summed E-state index contributed by atoms with van der Waals surface area (Å²) in [6.07, 6.45) is 2.73. The van der Waals surface area contributed by atoms with Crippen LogP contribution in [-0.2, 0) is 14.4 Å². The van der Waals surface area contributed by atoms with Crippen molar-refractivity contribution in [1.29, 1.82) is 0 Å². The number of rotatable bonds is 4. The minimum absolute atomic E-state index is 0.00877. The number of para-hydroxylation sites is 1. The standard InChI is InChI=1S/C15H20N2O3/c18-15(16-20-13-8-10-19-11-13)14-7-4-9-17(14)12-5-2-1-3-6-12/h1-3,5-6,13-14H,4,7-11H2,(H,16,18). The number of carbonyl (C=O) groups excluding carboxylic acids is 1. The Labute approximate surface area is 118 Å². The van der Waals surface area contributed by atoms with Crippen molar-refractivity contribution >= 4 is 11.6 Å². The zero-order valence-electron chi connectivity index (χ0n) is 11.5. The van der Waals surface area contributed by atoms with Crippen LogP contribution in [0.4, 0.5) is 5.69 Å². The van der Waals surface area contributed by atoms with Crippen LogP contribution in [0.2, 0.25) is 0 Å². The Hall–Kier alpha value is -1.59. The molecular weight excluding hydrogens is 256 g/mol. The van der Waals surface area contributed by atoms with Crippen LogP contribution in [0.5, 0.6) is 0 Å². The predicted molar refractivity (Wildman–Crippen MR) is 75.3 cm³/mol. The first-order valence-electron chi connectivity index (χ1n) is 7.19. The smallest absolute Gasteiger partial charge is 0.266 e. The maximum Gasteiger partial charge on any atom is 0.266 e. The maximum atomic E-state index is 12.3. The Balaban J connectivity index is 1.58. The van der Waals surface area contributed by atoms with E-state index in [9.17, 15) is 4.79 Å². The lowest BCUT2D eigenvalue weighted by Gasteiger charge is -2.26. The van der Waals surface area contributed by atoms with Gasteiger partial charge in [-0.3, -0.25) is 9.63 Å². The highest BCUT2D eigenvalue weighted by atomic mass is 16.7. The molecule has 1 aromatic carbocycles. The number of anilines is 1. The summed E-state index contributed by atoms with van der Waals surface area (Å²) in [6, 6.07) is 9.91. The first-order valence-corrected chi connectivity index (χ1v) is 7.19. The first-order chi connectivity index (χ1) is 9.84. The van der Waals surface area contributed by atoms with Crippen molar-refractivity contribution in [1.82, 2.24) is 5.48 Å². The van der Waals surface area contributed by atoms with Crippen LogP contribution in [0.1, 0.15) is 19.3 Å². The third-order valence-electron chi connectivity index (χ3n) is 3.86. The fourth-order valence-electron chi connectivity index (χ4n) is 2.78. The predicted octanol–water partition coefficient (Wildman–Crippen LogP) is 1.49. The van der Waals surface area contributed by atoms with Gasteiger partial charge in [-0.15, -0.1) is 0 Å². The van der Waals surface area contributed by atoms with Gasteiger partial charge in [-0.05, 0) is 25.0 Å². The molecule has 0 saturated carbocycles. The second-order valence-electron chi connectivity index (χ2n) is 5.26. The van der Waals surface area contributed by atoms with E-state index in [1.165, 1.54) is 0 Å². The molecule has 20 heavy (non-hydrogen) atoms. The molecule has 2 atom stereocenters. The SMILES string of the molecule is O=C(NOC1CCOC1)C1CCCN1c1ccccc1. The highest BCUT2D eigenvalue weighted by Crippen LogP contribution is 2.25. The second-order valence-corrected chi connectivity index (χ2v) is 5.26. The van der Waals surface area contributed by atoms with E-state index in [-0.39, 0.29) is 18.1 Å². The normalized spacial score (nSPS) is 25.9. The molecule has 2 heterocycles. The van der Waals surface area contributed by atoms with E-state index in [0.29, 0.717) is 13.2 Å². The van der Waals surface area contributed by atoms with Crippen LogP contribution >= 0.6 is 0 Å². The van der Waals surface area contributed by atoms with Crippen LogP contribution in [0.3, 0.4) is 0 Å². The highest BCUT2D eigenvalue weighted by molar-refractivity contribution is 5.85. The highest BCUT2D eigenvalue weighted by Gasteiger charge is 2.31. The number of amides is 1. The van der Waals surface area contributed by atoms with Crippen LogP contribution in [0, 0.1) is 0 Å². The van der Waals surface area contributed by atoms with Crippen molar-refractivity contribution in [2.75, 3.05) is 24.7 Å². The molecule has 2 saturated heterocycles. The van der Waals surface area contributed by atoms with Crippen molar-refractivity contribution in [3.8, 4) is 0 Å². The molecule has 1 amide bonds. The van der Waals surface area contributed by atoms with E-state index in [0.717, 1.165) is 31.5 Å². The molecule has 5 heteroatoms. The fraction of sp³-hybridized carbons (Fsp3) is 0.533. The van der Waals surface area contributed by atoms with E-state index in [1.807, 2.05) is 30.3 Å². The summed E-state index contributed by atoms with van der Waals surface area (Å²) >= 11 is 0. The minimum Gasteiger partial charge on any atom is -0.379 e. The van der Waals surface area contributed by atoms with Crippen molar-refractivity contribution in [3.05, 3.63) is 30.3 Å². The van der Waals surface area contributed by atoms with Crippen LogP contribution in [0.15, 0.2) is 30.3 Å². The summed E-state index contributed by atoms with van der Waals surface area (Å²) in [5.41, 5.74) is 3.70. The number of hydrogen-bond donors (Lipinski definition) is 1. The molecule has 2 aliphatic heterocycles. The molecule has 108 valence electrons. The molecule has 1 aromatic rings. The summed E-state index contributed by atoms with van der Waals surface area (Å²) in [6.45, 7) is 2.18. The minimum atomic E-state index is -0.139. The van der Waals surface area contributed by atoms with Gasteiger partial charge in [-0.1, -0.05) is 18.2 Å². The van der Waals surface area contributed by atoms with Crippen LogP contribution < -0.4 is 10.4 Å². The fourth-order valence-corrected chi connectivity index (χ4v) is 2.78. The molecule has 3 rings (SSSR count). The van der Waals surface area contributed by atoms with Gasteiger partial charge in [0.15, 0.2) is 0 Å². The Bertz CT molecular complexity index is 446. The lowest BCUT2D eigenvalue weighted by Crippen LogP contribution is -2.44. The zero-order valence-corrected chi connectivity index (χ0v) is 11.5. The zero-order chi connectivity index (χ0) is 13.8. The molecule has 2 fully saturated rings. The number of nitrogens with one attached hydrogen (secondary N) is 1. The van der Waals surface area contributed by atoms with Crippen molar-refractivity contribution < 1.29 is 14.4 Å². The van der Waals surface area contributed by atoms with Gasteiger partial charge in [-0.2, -0.15) is 0 Å². The first kappa shape index (κ1) is 13.4. The summed E-state index contributed by atoms with van der Waals surface area (Å²) in [7, 11) is 0. The summed E-state index contributed by atoms with van der Waals surface area (Å²) in [5.74, 6) is -0.0572. The summed E-state index contributed by atoms with van der Waals surface area (Å²) < 4.78 is 5.22. The average molecular weight is 276 g/mol. The van der Waals surface area contributed by atoms with E-state index in [4.69, 9.17) is 9.57 Å². The largest absolute Gasteiger partial charge is 0.379 e. The summed E-state index contributed by atoms with van der Waals surface area (Å²) in [4.78, 5) is 19.8. The van der Waals surface area contributed by atoms with Gasteiger partial charge >= 0.3 is 0 Å². The molecule has 2 aliphatic rings. The van der Waals surface area contributed by atoms with E-state index in [1.54, 1.807) is 0 Å². The third kappa shape index (κ3) is 2.94. The summed E-state index contributed by atoms with van der Waals surface area (Å²) in [5, 5.41) is 0. The molecule has 0 bridgehead atoms. The van der Waals surface area contributed by atoms with Crippen LogP contribution in [-0.4, -0.2) is 37.8 Å². The quantitative estimate of drug-likeness (QED) is 0.847. The molecule has 0 aliphatic carbocycles. The third-order valence-corrected chi connectivity index (χ3v) is 3.86. The van der Waals surface area contributed by atoms with Gasteiger partial charge in [0.2, 0.25) is 0 Å². The molecule has 5 nitrogen and oxygen atoms in total. The van der Waals surface area contributed by atoms with Crippen molar-refractivity contribution in [2.24, 2.45) is 0 Å². The molecular formula is C15H20N2O3. The van der Waals surface area contributed by atoms with Gasteiger partial charge in [-0.25, -0.2) is 5.48 Å². The maximum absolute atomic E-state index is 12.3. The van der Waals surface area contributed by atoms with Gasteiger partial charge in [0.05, 0.1) is 6.61 Å². The topological polar surface area (TPSA) is 50.8 Å². The molecule has 0 aromatic heterocycles. The molecule has 0 spiro atoms. The Morgan fingerprint density at radius 3 is 2.90 bits per heavy atom. The molecule has 2 unspecified atom stereocenters. The van der Waals surface area contributed by atoms with Crippen LogP contribution in [0.25, 0.3) is 0 Å². The van der Waals surface area contributed by atoms with Gasteiger partial charge in [0.1, 0.15) is 12.1 Å². The number of hydroxylamine groups is 1. The van der Waals surface area contributed by atoms with E-state index in [2.05, 4.69) is 10.4 Å². The molecule has 1 N–H and O–H groups in total. The monoisotopic (exact) mass is 276 g/mol. The van der Waals surface area contributed by atoms with Gasteiger partial charge in [0, 0.05) is 25.3 Å². The van der Waals surface area contributed by atoms with Crippen molar-refractivity contribution in [3.63, 3.8) is 0 Å². The molecule has 0 radical (unpaired) electrons. The lowest BCUT2D eigenvalue weighted by atomic mass is 10.2. The average Bonchev–Trinajstić information content (AvgIpc) is 3.17. The van der Waals surface area contributed by atoms with Gasteiger partial charge in [0.25, 0.3) is 5.91 Å². The lowest BCUT2D eigenvalue weighted by molar-refractivity contribution is -0.139. The number of ether oxygens (including phenoxy) is 1. The van der Waals surface area contributed by atoms with E-state index >= 15 is 0 Å². The number of carbonyl (C=O) groups is 1. The Morgan fingerprint density at radius 2 is 2.15 bits per heavy atom. The van der Waals surface area contributed by atoms with Crippen molar-refractivity contribution in [2.45, 2.75) is 31.4 Å². The number of hydrogen-bond acceptors (Lipinski definition) is 4.